The van der Waals surface area contributed by atoms with Crippen LogP contribution in [-0.4, -0.2) is 20.5 Å². The first kappa shape index (κ1) is 14.7. The predicted molar refractivity (Wildman–Crippen MR) is 82.5 cm³/mol. The zero-order chi connectivity index (χ0) is 14.8. The first-order chi connectivity index (χ1) is 9.37. The van der Waals surface area contributed by atoms with Crippen LogP contribution in [-0.2, 0) is 10.0 Å². The van der Waals surface area contributed by atoms with Gasteiger partial charge in [-0.2, -0.15) is 0 Å². The molecule has 0 aliphatic heterocycles. The molecular weight excluding hydrogens is 342 g/mol. The smallest absolute Gasteiger partial charge is 0.229 e. The quantitative estimate of drug-likeness (QED) is 0.859. The van der Waals surface area contributed by atoms with E-state index in [-0.39, 0.29) is 5.78 Å². The number of ketones is 1. The molecule has 0 spiro atoms. The lowest BCUT2D eigenvalue weighted by atomic mass is 10.0. The second-order valence-electron chi connectivity index (χ2n) is 4.26. The third kappa shape index (κ3) is 3.68. The first-order valence-corrected chi connectivity index (χ1v) is 8.42. The average molecular weight is 354 g/mol. The molecule has 0 radical (unpaired) electrons. The highest BCUT2D eigenvalue weighted by Gasteiger charge is 2.12. The Morgan fingerprint density at radius 1 is 1.05 bits per heavy atom. The van der Waals surface area contributed by atoms with Gasteiger partial charge in [0.05, 0.1) is 6.26 Å². The lowest BCUT2D eigenvalue weighted by Crippen LogP contribution is -2.09. The fraction of sp³-hybridized carbons (Fsp3) is 0.0714. The van der Waals surface area contributed by atoms with E-state index in [4.69, 9.17) is 0 Å². The highest BCUT2D eigenvalue weighted by molar-refractivity contribution is 9.10. The first-order valence-electron chi connectivity index (χ1n) is 5.74. The minimum atomic E-state index is -3.31. The fourth-order valence-corrected chi connectivity index (χ4v) is 2.73. The van der Waals surface area contributed by atoms with Crippen molar-refractivity contribution in [1.29, 1.82) is 0 Å². The van der Waals surface area contributed by atoms with Gasteiger partial charge in [-0.3, -0.25) is 9.52 Å². The number of hydrogen-bond donors (Lipinski definition) is 1. The Bertz CT molecular complexity index is 739. The van der Waals surface area contributed by atoms with Crippen LogP contribution in [0.15, 0.2) is 53.0 Å². The Morgan fingerprint density at radius 2 is 1.65 bits per heavy atom. The minimum Gasteiger partial charge on any atom is -0.289 e. The summed E-state index contributed by atoms with van der Waals surface area (Å²) in [6.07, 6.45) is 1.08. The van der Waals surface area contributed by atoms with Crippen molar-refractivity contribution in [1.82, 2.24) is 0 Å². The van der Waals surface area contributed by atoms with Crippen LogP contribution in [0.1, 0.15) is 15.9 Å². The van der Waals surface area contributed by atoms with E-state index in [0.29, 0.717) is 16.8 Å². The van der Waals surface area contributed by atoms with Gasteiger partial charge in [0.2, 0.25) is 10.0 Å². The maximum absolute atomic E-state index is 12.3. The van der Waals surface area contributed by atoms with Crippen molar-refractivity contribution < 1.29 is 13.2 Å². The van der Waals surface area contributed by atoms with E-state index >= 15 is 0 Å². The third-order valence-corrected chi connectivity index (χ3v) is 3.87. The number of rotatable bonds is 4. The van der Waals surface area contributed by atoms with E-state index < -0.39 is 10.0 Å². The van der Waals surface area contributed by atoms with Crippen molar-refractivity contribution in [3.63, 3.8) is 0 Å². The van der Waals surface area contributed by atoms with Crippen molar-refractivity contribution in [2.24, 2.45) is 0 Å². The molecule has 0 aliphatic rings. The zero-order valence-corrected chi connectivity index (χ0v) is 13.0. The Kier molecular flexibility index (Phi) is 4.25. The molecule has 2 aromatic carbocycles. The second-order valence-corrected chi connectivity index (χ2v) is 6.86. The maximum Gasteiger partial charge on any atom is 0.229 e. The van der Waals surface area contributed by atoms with Gasteiger partial charge in [0, 0.05) is 21.3 Å². The zero-order valence-electron chi connectivity index (χ0n) is 10.6. The number of anilines is 1. The van der Waals surface area contributed by atoms with Gasteiger partial charge in [-0.15, -0.1) is 0 Å². The normalized spacial score (nSPS) is 11.1. The number of hydrogen-bond acceptors (Lipinski definition) is 3. The molecule has 4 nitrogen and oxygen atoms in total. The molecule has 0 unspecified atom stereocenters. The summed E-state index contributed by atoms with van der Waals surface area (Å²) in [5, 5.41) is 0. The number of halogens is 1. The minimum absolute atomic E-state index is 0.122. The summed E-state index contributed by atoms with van der Waals surface area (Å²) in [6, 6.07) is 13.5. The van der Waals surface area contributed by atoms with Gasteiger partial charge >= 0.3 is 0 Å². The van der Waals surface area contributed by atoms with E-state index in [9.17, 15) is 13.2 Å². The molecule has 0 amide bonds. The van der Waals surface area contributed by atoms with E-state index in [2.05, 4.69) is 20.7 Å². The fourth-order valence-electron chi connectivity index (χ4n) is 1.70. The Balaban J connectivity index is 2.27. The largest absolute Gasteiger partial charge is 0.289 e. The molecule has 2 rings (SSSR count). The summed E-state index contributed by atoms with van der Waals surface area (Å²) in [5.74, 6) is -0.122. The van der Waals surface area contributed by atoms with Gasteiger partial charge < -0.3 is 0 Å². The Morgan fingerprint density at radius 3 is 2.20 bits per heavy atom. The topological polar surface area (TPSA) is 63.2 Å². The molecule has 0 fully saturated rings. The molecule has 6 heteroatoms. The van der Waals surface area contributed by atoms with Crippen LogP contribution in [0, 0.1) is 0 Å². The van der Waals surface area contributed by atoms with Crippen LogP contribution in [0.5, 0.6) is 0 Å². The number of benzene rings is 2. The number of nitrogens with one attached hydrogen (secondary N) is 1. The Labute approximate surface area is 126 Å². The summed E-state index contributed by atoms with van der Waals surface area (Å²) in [5.41, 5.74) is 1.49. The summed E-state index contributed by atoms with van der Waals surface area (Å²) in [4.78, 5) is 12.3. The second kappa shape index (κ2) is 5.76. The molecule has 0 bridgehead atoms. The number of sulfonamides is 1. The van der Waals surface area contributed by atoms with Crippen molar-refractivity contribution in [2.45, 2.75) is 0 Å². The van der Waals surface area contributed by atoms with Gasteiger partial charge in [0.15, 0.2) is 5.78 Å². The summed E-state index contributed by atoms with van der Waals surface area (Å²) in [7, 11) is -3.31. The van der Waals surface area contributed by atoms with E-state index in [1.54, 1.807) is 42.5 Å². The molecule has 0 aliphatic carbocycles. The van der Waals surface area contributed by atoms with Crippen LogP contribution in [0.2, 0.25) is 0 Å². The highest BCUT2D eigenvalue weighted by Crippen LogP contribution is 2.20. The van der Waals surface area contributed by atoms with E-state index in [1.807, 2.05) is 6.07 Å². The summed E-state index contributed by atoms with van der Waals surface area (Å²) >= 11 is 3.34. The van der Waals surface area contributed by atoms with Crippen molar-refractivity contribution in [3.05, 3.63) is 64.1 Å². The molecule has 20 heavy (non-hydrogen) atoms. The summed E-state index contributed by atoms with van der Waals surface area (Å²) < 4.78 is 25.3. The summed E-state index contributed by atoms with van der Waals surface area (Å²) in [6.45, 7) is 0. The van der Waals surface area contributed by atoms with Gasteiger partial charge in [0.1, 0.15) is 0 Å². The van der Waals surface area contributed by atoms with Gasteiger partial charge in [0.25, 0.3) is 0 Å². The molecular formula is C14H12BrNO3S. The van der Waals surface area contributed by atoms with Crippen LogP contribution < -0.4 is 4.72 Å². The Hall–Kier alpha value is -1.66. The van der Waals surface area contributed by atoms with Gasteiger partial charge in [-0.1, -0.05) is 28.1 Å². The number of carbonyl (C=O) groups is 1. The molecule has 2 aromatic rings. The van der Waals surface area contributed by atoms with Gasteiger partial charge in [-0.25, -0.2) is 8.42 Å². The third-order valence-electron chi connectivity index (χ3n) is 2.57. The van der Waals surface area contributed by atoms with Crippen molar-refractivity contribution >= 4 is 37.4 Å². The molecule has 0 heterocycles. The maximum atomic E-state index is 12.3. The lowest BCUT2D eigenvalue weighted by Gasteiger charge is -2.06. The highest BCUT2D eigenvalue weighted by atomic mass is 79.9. The molecule has 104 valence electrons. The van der Waals surface area contributed by atoms with Crippen LogP contribution >= 0.6 is 15.9 Å². The van der Waals surface area contributed by atoms with Crippen LogP contribution in [0.4, 0.5) is 5.69 Å². The monoisotopic (exact) mass is 353 g/mol. The predicted octanol–water partition coefficient (Wildman–Crippen LogP) is 3.05. The molecule has 0 atom stereocenters. The van der Waals surface area contributed by atoms with E-state index in [1.165, 1.54) is 0 Å². The van der Waals surface area contributed by atoms with Crippen molar-refractivity contribution in [3.8, 4) is 0 Å². The van der Waals surface area contributed by atoms with Gasteiger partial charge in [-0.05, 0) is 36.4 Å². The standard InChI is InChI=1S/C14H12BrNO3S/c1-20(18,19)16-11-8-6-10(7-9-11)14(17)12-4-2-3-5-13(12)15/h2-9,16H,1H3. The molecule has 0 saturated heterocycles. The average Bonchev–Trinajstić information content (AvgIpc) is 2.37. The number of carbonyl (C=O) groups excluding carboxylic acids is 1. The molecule has 0 saturated carbocycles. The van der Waals surface area contributed by atoms with Crippen LogP contribution in [0.3, 0.4) is 0 Å². The lowest BCUT2D eigenvalue weighted by molar-refractivity contribution is 0.103. The SMILES string of the molecule is CS(=O)(=O)Nc1ccc(C(=O)c2ccccc2Br)cc1. The molecule has 1 N–H and O–H groups in total. The van der Waals surface area contributed by atoms with Crippen molar-refractivity contribution in [2.75, 3.05) is 11.0 Å². The van der Waals surface area contributed by atoms with E-state index in [0.717, 1.165) is 10.7 Å². The van der Waals surface area contributed by atoms with Crippen LogP contribution in [0.25, 0.3) is 0 Å². The molecule has 0 aromatic heterocycles.